The molecule has 0 bridgehead atoms. The fraction of sp³-hybridized carbons (Fsp3) is 0.136. The molecule has 0 atom stereocenters. The average molecular weight is 295 g/mol. The fourth-order valence-electron chi connectivity index (χ4n) is 3.89. The van der Waals surface area contributed by atoms with E-state index in [-0.39, 0.29) is 0 Å². The van der Waals surface area contributed by atoms with Crippen LogP contribution in [0.1, 0.15) is 17.5 Å². The molecule has 1 heterocycles. The topological polar surface area (TPSA) is 12.9 Å². The number of hydrogen-bond acceptors (Lipinski definition) is 1. The van der Waals surface area contributed by atoms with Crippen LogP contribution in [-0.2, 0) is 12.8 Å². The third-order valence-corrected chi connectivity index (χ3v) is 4.99. The molecule has 0 saturated heterocycles. The summed E-state index contributed by atoms with van der Waals surface area (Å²) in [5.41, 5.74) is 5.20. The van der Waals surface area contributed by atoms with E-state index in [9.17, 15) is 0 Å². The highest BCUT2D eigenvalue weighted by Crippen LogP contribution is 2.35. The fourth-order valence-corrected chi connectivity index (χ4v) is 3.89. The first-order valence-corrected chi connectivity index (χ1v) is 8.29. The van der Waals surface area contributed by atoms with Gasteiger partial charge >= 0.3 is 0 Å². The van der Waals surface area contributed by atoms with Gasteiger partial charge in [0.05, 0.1) is 5.69 Å². The minimum atomic E-state index is 1.11. The Morgan fingerprint density at radius 3 is 2.57 bits per heavy atom. The van der Waals surface area contributed by atoms with E-state index >= 15 is 0 Å². The molecule has 0 radical (unpaired) electrons. The van der Waals surface area contributed by atoms with E-state index < -0.39 is 0 Å². The molecular weight excluding hydrogens is 278 g/mol. The normalized spacial score (nSPS) is 13.6. The van der Waals surface area contributed by atoms with Crippen molar-refractivity contribution in [3.63, 3.8) is 0 Å². The van der Waals surface area contributed by atoms with Crippen LogP contribution in [-0.4, -0.2) is 4.98 Å². The third kappa shape index (κ3) is 1.97. The number of nitrogens with zero attached hydrogens (tertiary/aromatic N) is 1. The molecule has 0 aliphatic heterocycles. The van der Waals surface area contributed by atoms with Crippen molar-refractivity contribution >= 4 is 21.5 Å². The van der Waals surface area contributed by atoms with Crippen LogP contribution in [0, 0.1) is 0 Å². The summed E-state index contributed by atoms with van der Waals surface area (Å²) in [4.78, 5) is 4.83. The van der Waals surface area contributed by atoms with Crippen molar-refractivity contribution in [2.45, 2.75) is 19.3 Å². The summed E-state index contributed by atoms with van der Waals surface area (Å²) in [6.07, 6.45) is 5.67. The van der Waals surface area contributed by atoms with Crippen LogP contribution in [0.3, 0.4) is 0 Å². The summed E-state index contributed by atoms with van der Waals surface area (Å²) in [5.74, 6) is 0. The number of aryl methyl sites for hydroxylation is 2. The molecule has 3 aromatic carbocycles. The van der Waals surface area contributed by atoms with Gasteiger partial charge in [-0.15, -0.1) is 0 Å². The summed E-state index contributed by atoms with van der Waals surface area (Å²) in [6, 6.07) is 21.8. The average Bonchev–Trinajstić information content (AvgIpc) is 2.62. The Balaban J connectivity index is 1.81. The number of hydrogen-bond donors (Lipinski definition) is 0. The second-order valence-corrected chi connectivity index (χ2v) is 6.39. The zero-order chi connectivity index (χ0) is 15.2. The largest absolute Gasteiger partial charge is 0.255 e. The van der Waals surface area contributed by atoms with E-state index in [1.54, 1.807) is 0 Å². The van der Waals surface area contributed by atoms with Crippen molar-refractivity contribution in [2.24, 2.45) is 0 Å². The Morgan fingerprint density at radius 1 is 0.739 bits per heavy atom. The second kappa shape index (κ2) is 4.92. The van der Waals surface area contributed by atoms with Crippen LogP contribution in [0.25, 0.3) is 32.8 Å². The molecular formula is C22H17N. The number of benzene rings is 3. The third-order valence-electron chi connectivity index (χ3n) is 4.99. The number of rotatable bonds is 1. The lowest BCUT2D eigenvalue weighted by Crippen LogP contribution is -2.03. The molecule has 0 saturated carbocycles. The predicted molar refractivity (Wildman–Crippen MR) is 96.7 cm³/mol. The molecule has 1 aliphatic carbocycles. The standard InChI is InChI=1S/C22H17N/c1-2-6-17-13-18(12-11-15(17)5-1)22-20-10-4-8-16-7-3-9-19(14-23-22)21(16)20/h1-2,4-6,8,10-14H,3,7,9H2. The molecule has 0 spiro atoms. The highest BCUT2D eigenvalue weighted by molar-refractivity contribution is 6.00. The molecule has 0 N–H and O–H groups in total. The lowest BCUT2D eigenvalue weighted by Gasteiger charge is -2.18. The number of aromatic nitrogens is 1. The Hall–Kier alpha value is -2.67. The highest BCUT2D eigenvalue weighted by Gasteiger charge is 2.16. The van der Waals surface area contributed by atoms with Gasteiger partial charge in [-0.3, -0.25) is 4.98 Å². The van der Waals surface area contributed by atoms with Crippen LogP contribution in [0.15, 0.2) is 66.9 Å². The molecule has 0 unspecified atom stereocenters. The molecule has 5 rings (SSSR count). The van der Waals surface area contributed by atoms with Gasteiger partial charge in [-0.2, -0.15) is 0 Å². The van der Waals surface area contributed by atoms with Crippen LogP contribution >= 0.6 is 0 Å². The van der Waals surface area contributed by atoms with E-state index in [4.69, 9.17) is 4.98 Å². The lowest BCUT2D eigenvalue weighted by molar-refractivity contribution is 0.804. The van der Waals surface area contributed by atoms with Crippen molar-refractivity contribution in [3.8, 4) is 11.3 Å². The van der Waals surface area contributed by atoms with Gasteiger partial charge in [0.1, 0.15) is 0 Å². The quantitative estimate of drug-likeness (QED) is 0.449. The summed E-state index contributed by atoms with van der Waals surface area (Å²) in [5, 5.41) is 5.29. The predicted octanol–water partition coefficient (Wildman–Crippen LogP) is 5.54. The Bertz CT molecular complexity index is 1040. The van der Waals surface area contributed by atoms with Gasteiger partial charge in [0.25, 0.3) is 0 Å². The number of pyridine rings is 1. The summed E-state index contributed by atoms with van der Waals surface area (Å²) in [6.45, 7) is 0. The maximum absolute atomic E-state index is 4.83. The van der Waals surface area contributed by atoms with Crippen molar-refractivity contribution in [1.29, 1.82) is 0 Å². The molecule has 0 fully saturated rings. The van der Waals surface area contributed by atoms with Gasteiger partial charge in [-0.05, 0) is 52.6 Å². The van der Waals surface area contributed by atoms with E-state index in [1.165, 1.54) is 51.1 Å². The van der Waals surface area contributed by atoms with Crippen LogP contribution in [0.4, 0.5) is 0 Å². The van der Waals surface area contributed by atoms with Crippen molar-refractivity contribution in [3.05, 3.63) is 78.0 Å². The summed E-state index contributed by atoms with van der Waals surface area (Å²) >= 11 is 0. The summed E-state index contributed by atoms with van der Waals surface area (Å²) in [7, 11) is 0. The van der Waals surface area contributed by atoms with Crippen LogP contribution in [0.2, 0.25) is 0 Å². The molecule has 110 valence electrons. The van der Waals surface area contributed by atoms with Gasteiger partial charge in [0.2, 0.25) is 0 Å². The minimum absolute atomic E-state index is 1.11. The maximum atomic E-state index is 4.83. The van der Waals surface area contributed by atoms with Crippen molar-refractivity contribution < 1.29 is 0 Å². The monoisotopic (exact) mass is 295 g/mol. The molecule has 1 heteroatoms. The first-order valence-electron chi connectivity index (χ1n) is 8.29. The molecule has 1 nitrogen and oxygen atoms in total. The SMILES string of the molecule is c1ccc2cc(-c3ncc4c5c(cccc35)CCC4)ccc2c1. The van der Waals surface area contributed by atoms with E-state index in [0.717, 1.165) is 12.1 Å². The Labute approximate surface area is 135 Å². The van der Waals surface area contributed by atoms with Crippen LogP contribution in [0.5, 0.6) is 0 Å². The smallest absolute Gasteiger partial charge is 0.0780 e. The lowest BCUT2D eigenvalue weighted by atomic mass is 9.88. The second-order valence-electron chi connectivity index (χ2n) is 6.39. The number of fused-ring (bicyclic) bond motifs is 1. The van der Waals surface area contributed by atoms with Gasteiger partial charge in [-0.25, -0.2) is 0 Å². The van der Waals surface area contributed by atoms with E-state index in [0.29, 0.717) is 0 Å². The molecule has 0 amide bonds. The van der Waals surface area contributed by atoms with Gasteiger partial charge in [0.15, 0.2) is 0 Å². The molecule has 4 aromatic rings. The highest BCUT2D eigenvalue weighted by atomic mass is 14.7. The molecule has 23 heavy (non-hydrogen) atoms. The zero-order valence-corrected chi connectivity index (χ0v) is 12.9. The van der Waals surface area contributed by atoms with Crippen molar-refractivity contribution in [1.82, 2.24) is 4.98 Å². The first kappa shape index (κ1) is 12.8. The van der Waals surface area contributed by atoms with Crippen LogP contribution < -0.4 is 0 Å². The zero-order valence-electron chi connectivity index (χ0n) is 12.9. The van der Waals surface area contributed by atoms with Gasteiger partial charge < -0.3 is 0 Å². The molecule has 1 aliphatic rings. The van der Waals surface area contributed by atoms with Crippen molar-refractivity contribution in [2.75, 3.05) is 0 Å². The minimum Gasteiger partial charge on any atom is -0.255 e. The van der Waals surface area contributed by atoms with Gasteiger partial charge in [0, 0.05) is 17.1 Å². The van der Waals surface area contributed by atoms with Gasteiger partial charge in [-0.1, -0.05) is 54.6 Å². The van der Waals surface area contributed by atoms with E-state index in [2.05, 4.69) is 66.9 Å². The Kier molecular flexibility index (Phi) is 2.75. The molecule has 1 aromatic heterocycles. The maximum Gasteiger partial charge on any atom is 0.0780 e. The summed E-state index contributed by atoms with van der Waals surface area (Å²) < 4.78 is 0. The first-order chi connectivity index (χ1) is 11.4. The van der Waals surface area contributed by atoms with E-state index in [1.807, 2.05) is 0 Å². The Morgan fingerprint density at radius 2 is 1.61 bits per heavy atom.